The highest BCUT2D eigenvalue weighted by molar-refractivity contribution is 5.97. The number of halogens is 1. The van der Waals surface area contributed by atoms with E-state index in [2.05, 4.69) is 5.32 Å². The van der Waals surface area contributed by atoms with Gasteiger partial charge < -0.3 is 29.9 Å². The quantitative estimate of drug-likeness (QED) is 0.236. The Morgan fingerprint density at radius 3 is 2.25 bits per heavy atom. The summed E-state index contributed by atoms with van der Waals surface area (Å²) in [6.45, 7) is 4.38. The maximum absolute atomic E-state index is 13.7. The number of aliphatic carboxylic acids is 1. The van der Waals surface area contributed by atoms with Crippen LogP contribution in [0.2, 0.25) is 0 Å². The largest absolute Gasteiger partial charge is 0.481 e. The average molecular weight is 555 g/mol. The second-order valence-corrected chi connectivity index (χ2v) is 9.60. The van der Waals surface area contributed by atoms with Gasteiger partial charge in [0.05, 0.1) is 31.3 Å². The van der Waals surface area contributed by atoms with Crippen LogP contribution in [0.4, 0.5) is 4.39 Å². The molecule has 2 atom stereocenters. The number of carboxylic acids is 1. The van der Waals surface area contributed by atoms with Crippen molar-refractivity contribution in [1.29, 1.82) is 0 Å². The summed E-state index contributed by atoms with van der Waals surface area (Å²) < 4.78 is 20.3. The van der Waals surface area contributed by atoms with E-state index in [0.29, 0.717) is 35.3 Å². The highest BCUT2D eigenvalue weighted by Gasteiger charge is 2.26. The number of aliphatic hydroxyl groups is 2. The number of carboxylic acid groups (broad SMARTS) is 1. The lowest BCUT2D eigenvalue weighted by molar-refractivity contribution is -0.139. The van der Waals surface area contributed by atoms with Crippen molar-refractivity contribution < 1.29 is 38.8 Å². The van der Waals surface area contributed by atoms with E-state index < -0.39 is 36.4 Å². The summed E-state index contributed by atoms with van der Waals surface area (Å²) in [6, 6.07) is 12.7. The zero-order valence-corrected chi connectivity index (χ0v) is 22.8. The Bertz CT molecular complexity index is 1330. The molecule has 40 heavy (non-hydrogen) atoms. The minimum Gasteiger partial charge on any atom is -0.481 e. The molecule has 0 aliphatic heterocycles. The topological polar surface area (TPSA) is 138 Å². The summed E-state index contributed by atoms with van der Waals surface area (Å²) >= 11 is 0. The SMILES string of the molecule is CCn1c(CC[C@@H](O)C[C@@H](O)CC(=O)O)c(-c2ccc(F)cc2)c(C)c1C(=O)NCc1ccc(C(=O)OC)cc1. The van der Waals surface area contributed by atoms with Crippen LogP contribution in [0.5, 0.6) is 0 Å². The van der Waals surface area contributed by atoms with Crippen LogP contribution in [0.15, 0.2) is 48.5 Å². The van der Waals surface area contributed by atoms with Gasteiger partial charge in [0.1, 0.15) is 11.5 Å². The zero-order valence-electron chi connectivity index (χ0n) is 22.8. The van der Waals surface area contributed by atoms with E-state index in [-0.39, 0.29) is 25.3 Å². The van der Waals surface area contributed by atoms with Gasteiger partial charge in [-0.3, -0.25) is 9.59 Å². The first-order valence-electron chi connectivity index (χ1n) is 13.1. The first kappa shape index (κ1) is 30.5. The van der Waals surface area contributed by atoms with Crippen molar-refractivity contribution in [2.75, 3.05) is 7.11 Å². The lowest BCUT2D eigenvalue weighted by Gasteiger charge is -2.17. The van der Waals surface area contributed by atoms with Gasteiger partial charge in [-0.2, -0.15) is 0 Å². The third kappa shape index (κ3) is 7.55. The summed E-state index contributed by atoms with van der Waals surface area (Å²) in [7, 11) is 1.31. The van der Waals surface area contributed by atoms with Crippen LogP contribution < -0.4 is 5.32 Å². The maximum Gasteiger partial charge on any atom is 0.337 e. The van der Waals surface area contributed by atoms with Gasteiger partial charge in [-0.1, -0.05) is 24.3 Å². The van der Waals surface area contributed by atoms with E-state index in [1.807, 2.05) is 18.4 Å². The van der Waals surface area contributed by atoms with Gasteiger partial charge in [-0.15, -0.1) is 0 Å². The van der Waals surface area contributed by atoms with Crippen LogP contribution in [0.3, 0.4) is 0 Å². The Balaban J connectivity index is 1.89. The molecule has 0 saturated heterocycles. The number of aliphatic hydroxyl groups excluding tert-OH is 2. The summed E-state index contributed by atoms with van der Waals surface area (Å²) in [5.74, 6) is -2.31. The van der Waals surface area contributed by atoms with Crippen molar-refractivity contribution in [3.63, 3.8) is 0 Å². The fraction of sp³-hybridized carbons (Fsp3) is 0.367. The number of carbonyl (C=O) groups excluding carboxylic acids is 2. The van der Waals surface area contributed by atoms with Crippen LogP contribution in [-0.2, 0) is 29.0 Å². The van der Waals surface area contributed by atoms with Gasteiger partial charge in [-0.25, -0.2) is 9.18 Å². The molecule has 1 aromatic heterocycles. The number of methoxy groups -OCH3 is 1. The molecule has 214 valence electrons. The van der Waals surface area contributed by atoms with Gasteiger partial charge in [0, 0.05) is 24.3 Å². The molecule has 10 heteroatoms. The van der Waals surface area contributed by atoms with E-state index in [9.17, 15) is 29.0 Å². The molecular formula is C30H35FN2O7. The Morgan fingerprint density at radius 2 is 1.68 bits per heavy atom. The molecule has 4 N–H and O–H groups in total. The fourth-order valence-corrected chi connectivity index (χ4v) is 4.87. The summed E-state index contributed by atoms with van der Waals surface area (Å²) in [4.78, 5) is 36.0. The van der Waals surface area contributed by atoms with Crippen LogP contribution in [0, 0.1) is 12.7 Å². The minimum absolute atomic E-state index is 0.0912. The number of nitrogens with one attached hydrogen (secondary N) is 1. The normalized spacial score (nSPS) is 12.6. The lowest BCUT2D eigenvalue weighted by Crippen LogP contribution is -2.26. The number of ether oxygens (including phenoxy) is 1. The number of hydrogen-bond donors (Lipinski definition) is 4. The molecule has 0 bridgehead atoms. The van der Waals surface area contributed by atoms with E-state index in [0.717, 1.165) is 16.8 Å². The highest BCUT2D eigenvalue weighted by atomic mass is 19.1. The fourth-order valence-electron chi connectivity index (χ4n) is 4.87. The Kier molecular flexibility index (Phi) is 10.6. The maximum atomic E-state index is 13.7. The molecule has 0 saturated carbocycles. The first-order chi connectivity index (χ1) is 19.0. The number of hydrogen-bond acceptors (Lipinski definition) is 6. The molecule has 3 rings (SSSR count). The van der Waals surface area contributed by atoms with Gasteiger partial charge in [0.2, 0.25) is 0 Å². The number of rotatable bonds is 13. The summed E-state index contributed by atoms with van der Waals surface area (Å²) in [6.07, 6.45) is -2.12. The van der Waals surface area contributed by atoms with Crippen LogP contribution in [0.25, 0.3) is 11.1 Å². The van der Waals surface area contributed by atoms with Gasteiger partial charge in [0.25, 0.3) is 5.91 Å². The van der Waals surface area contributed by atoms with Gasteiger partial charge in [-0.05, 0) is 74.1 Å². The van der Waals surface area contributed by atoms with Crippen molar-refractivity contribution in [3.05, 3.63) is 82.4 Å². The molecule has 3 aromatic rings. The van der Waals surface area contributed by atoms with E-state index in [4.69, 9.17) is 9.84 Å². The third-order valence-corrected chi connectivity index (χ3v) is 6.78. The molecule has 9 nitrogen and oxygen atoms in total. The molecule has 0 unspecified atom stereocenters. The number of carbonyl (C=O) groups is 3. The standard InChI is InChI=1S/C30H35FN2O7/c1-4-33-25(14-13-23(34)15-24(35)16-26(36)37)27(20-9-11-22(31)12-10-20)18(2)28(33)29(38)32-17-19-5-7-21(8-6-19)30(39)40-3/h5-12,23-24,34-35H,4,13-17H2,1-3H3,(H,32,38)(H,36,37)/t23-,24-/m1/s1. The second kappa shape index (κ2) is 13.9. The molecule has 1 heterocycles. The Morgan fingerprint density at radius 1 is 1.02 bits per heavy atom. The van der Waals surface area contributed by atoms with Gasteiger partial charge >= 0.3 is 11.9 Å². The van der Waals surface area contributed by atoms with Crippen molar-refractivity contribution in [1.82, 2.24) is 9.88 Å². The zero-order chi connectivity index (χ0) is 29.4. The Hall–Kier alpha value is -4.02. The second-order valence-electron chi connectivity index (χ2n) is 9.60. The molecule has 0 spiro atoms. The number of amides is 1. The van der Waals surface area contributed by atoms with Crippen molar-refractivity contribution in [2.45, 2.75) is 64.8 Å². The van der Waals surface area contributed by atoms with E-state index in [1.54, 1.807) is 36.4 Å². The highest BCUT2D eigenvalue weighted by Crippen LogP contribution is 2.34. The first-order valence-corrected chi connectivity index (χ1v) is 13.1. The number of benzene rings is 2. The Labute approximate surface area is 232 Å². The van der Waals surface area contributed by atoms with E-state index >= 15 is 0 Å². The average Bonchev–Trinajstić information content (AvgIpc) is 3.21. The number of esters is 1. The predicted molar refractivity (Wildman–Crippen MR) is 146 cm³/mol. The van der Waals surface area contributed by atoms with Crippen molar-refractivity contribution in [3.8, 4) is 11.1 Å². The predicted octanol–water partition coefficient (Wildman–Crippen LogP) is 3.86. The number of nitrogens with zero attached hydrogens (tertiary/aromatic N) is 1. The third-order valence-electron chi connectivity index (χ3n) is 6.78. The lowest BCUT2D eigenvalue weighted by atomic mass is 9.97. The summed E-state index contributed by atoms with van der Waals surface area (Å²) in [5.41, 5.74) is 4.56. The smallest absolute Gasteiger partial charge is 0.337 e. The van der Waals surface area contributed by atoms with Crippen molar-refractivity contribution >= 4 is 17.8 Å². The molecule has 1 amide bonds. The monoisotopic (exact) mass is 554 g/mol. The molecule has 0 radical (unpaired) electrons. The molecule has 2 aromatic carbocycles. The summed E-state index contributed by atoms with van der Waals surface area (Å²) in [5, 5.41) is 32.2. The minimum atomic E-state index is -1.17. The van der Waals surface area contributed by atoms with Crippen LogP contribution in [-0.4, -0.2) is 57.1 Å². The number of aromatic nitrogens is 1. The van der Waals surface area contributed by atoms with Crippen molar-refractivity contribution in [2.24, 2.45) is 0 Å². The van der Waals surface area contributed by atoms with Crippen LogP contribution >= 0.6 is 0 Å². The molecular weight excluding hydrogens is 519 g/mol. The molecule has 0 aliphatic carbocycles. The van der Waals surface area contributed by atoms with Gasteiger partial charge in [0.15, 0.2) is 0 Å². The molecule has 0 aliphatic rings. The molecule has 0 fully saturated rings. The van der Waals surface area contributed by atoms with E-state index in [1.165, 1.54) is 19.2 Å². The van der Waals surface area contributed by atoms with Crippen LogP contribution in [0.1, 0.15) is 63.9 Å².